The molecule has 0 amide bonds. The second-order valence-corrected chi connectivity index (χ2v) is 14.6. The minimum Gasteiger partial charge on any atom is -0.507 e. The largest absolute Gasteiger partial charge is 0.507 e. The van der Waals surface area contributed by atoms with E-state index in [1.807, 2.05) is 0 Å². The zero-order chi connectivity index (χ0) is 29.7. The minimum absolute atomic E-state index is 0.0334. The first-order valence-electron chi connectivity index (χ1n) is 13.8. The van der Waals surface area contributed by atoms with Crippen LogP contribution in [0.5, 0.6) is 11.5 Å². The van der Waals surface area contributed by atoms with E-state index in [4.69, 9.17) is 4.74 Å². The van der Waals surface area contributed by atoms with Crippen LogP contribution in [0, 0.1) is 0 Å². The molecule has 38 heavy (non-hydrogen) atoms. The fourth-order valence-electron chi connectivity index (χ4n) is 4.38. The molecule has 0 spiro atoms. The summed E-state index contributed by atoms with van der Waals surface area (Å²) in [6.07, 6.45) is 3.05. The summed E-state index contributed by atoms with van der Waals surface area (Å²) in [6, 6.07) is 8.52. The number of halogens is 1. The van der Waals surface area contributed by atoms with Crippen LogP contribution < -0.4 is 0 Å². The van der Waals surface area contributed by atoms with Crippen LogP contribution >= 0.6 is 14.1 Å². The van der Waals surface area contributed by atoms with Gasteiger partial charge >= 0.3 is 0 Å². The molecule has 0 bridgehead atoms. The van der Waals surface area contributed by atoms with Crippen molar-refractivity contribution < 1.29 is 14.9 Å². The van der Waals surface area contributed by atoms with Crippen molar-refractivity contribution in [3.8, 4) is 11.5 Å². The Morgan fingerprint density at radius 1 is 0.605 bits per heavy atom. The van der Waals surface area contributed by atoms with Crippen LogP contribution in [0.1, 0.15) is 129 Å². The number of hydrogen-bond donors (Lipinski definition) is 2. The Labute approximate surface area is 248 Å². The summed E-state index contributed by atoms with van der Waals surface area (Å²) in [6.45, 7) is 28.0. The van der Waals surface area contributed by atoms with E-state index < -0.39 is 0 Å². The van der Waals surface area contributed by atoms with Crippen LogP contribution in [-0.4, -0.2) is 37.9 Å². The van der Waals surface area contributed by atoms with Gasteiger partial charge in [-0.15, -0.1) is 0 Å². The summed E-state index contributed by atoms with van der Waals surface area (Å²) in [7, 11) is 0. The third-order valence-corrected chi connectivity index (χ3v) is 6.93. The molecule has 0 unspecified atom stereocenters. The highest BCUT2D eigenvalue weighted by Crippen LogP contribution is 2.42. The first-order chi connectivity index (χ1) is 17.2. The molecule has 212 valence electrons. The van der Waals surface area contributed by atoms with Crippen molar-refractivity contribution in [2.45, 2.75) is 124 Å². The second kappa shape index (κ2) is 13.6. The molecule has 2 N–H and O–H groups in total. The normalized spacial score (nSPS) is 14.3. The van der Waals surface area contributed by atoms with E-state index in [2.05, 4.69) is 136 Å². The van der Waals surface area contributed by atoms with Gasteiger partial charge in [-0.3, -0.25) is 14.1 Å². The average Bonchev–Trinajstić information content (AvgIpc) is 3.35. The molecule has 2 aromatic rings. The maximum atomic E-state index is 11.2. The molecule has 2 aromatic carbocycles. The van der Waals surface area contributed by atoms with Gasteiger partial charge in [-0.1, -0.05) is 107 Å². The molecular formula is C33H52AlBrO3. The second-order valence-electron chi connectivity index (χ2n) is 14.6. The van der Waals surface area contributed by atoms with Crippen LogP contribution in [0.15, 0.2) is 24.3 Å². The Hall–Kier alpha value is -0.988. The van der Waals surface area contributed by atoms with E-state index >= 15 is 0 Å². The summed E-state index contributed by atoms with van der Waals surface area (Å²) in [5.74, 6) is 0.691. The number of phenolic OH excluding ortho intramolecular Hbond substituents is 2. The first-order valence-corrected chi connectivity index (χ1v) is 16.9. The van der Waals surface area contributed by atoms with E-state index in [0.29, 0.717) is 17.9 Å². The van der Waals surface area contributed by atoms with E-state index in [1.165, 1.54) is 24.0 Å². The van der Waals surface area contributed by atoms with Crippen molar-refractivity contribution in [3.63, 3.8) is 0 Å². The van der Waals surface area contributed by atoms with Crippen LogP contribution in [0.4, 0.5) is 0 Å². The predicted molar refractivity (Wildman–Crippen MR) is 169 cm³/mol. The molecule has 0 aromatic heterocycles. The van der Waals surface area contributed by atoms with Gasteiger partial charge in [-0.25, -0.2) is 0 Å². The van der Waals surface area contributed by atoms with Crippen molar-refractivity contribution in [1.82, 2.24) is 0 Å². The molecule has 1 heterocycles. The van der Waals surface area contributed by atoms with Gasteiger partial charge < -0.3 is 14.9 Å². The molecule has 3 rings (SSSR count). The number of ether oxygens (including phenoxy) is 1. The van der Waals surface area contributed by atoms with Gasteiger partial charge in [-0.05, 0) is 67.9 Å². The highest BCUT2D eigenvalue weighted by molar-refractivity contribution is 9.22. The highest BCUT2D eigenvalue weighted by Gasteiger charge is 2.28. The lowest BCUT2D eigenvalue weighted by Gasteiger charge is -2.29. The molecule has 1 saturated heterocycles. The molecule has 1 aliphatic heterocycles. The van der Waals surface area contributed by atoms with Crippen LogP contribution in [0.2, 0.25) is 0 Å². The maximum absolute atomic E-state index is 11.2. The number of benzene rings is 2. The molecule has 2 radical (unpaired) electrons. The van der Waals surface area contributed by atoms with Crippen LogP contribution in [0.3, 0.4) is 0 Å². The standard InChI is InChI=1S/C29H44O2.C4H8O.Al.BrH/c1-26(2,3)20-14-18(24(30)22(16-20)28(7,8)9)13-19-15-21(27(4,5)6)17-23(25(19)31)29(10,11)12;1-2-4-5-3-1;;/h14-17,30-31H,13H2,1-12H3;1-4H2;;1H/q;;+1;/p-1. The van der Waals surface area contributed by atoms with E-state index in [9.17, 15) is 10.2 Å². The van der Waals surface area contributed by atoms with Crippen molar-refractivity contribution >= 4 is 28.5 Å². The Morgan fingerprint density at radius 2 is 0.921 bits per heavy atom. The lowest BCUT2D eigenvalue weighted by atomic mass is 9.76. The molecule has 1 aliphatic rings. The van der Waals surface area contributed by atoms with Crippen molar-refractivity contribution in [2.24, 2.45) is 0 Å². The van der Waals surface area contributed by atoms with Gasteiger partial charge in [0.05, 0.1) is 0 Å². The van der Waals surface area contributed by atoms with Gasteiger partial charge in [-0.2, -0.15) is 0 Å². The summed E-state index contributed by atoms with van der Waals surface area (Å²) in [5, 5.41) is 22.5. The zero-order valence-corrected chi connectivity index (χ0v) is 28.8. The Morgan fingerprint density at radius 3 is 1.13 bits per heavy atom. The Kier molecular flexibility index (Phi) is 12.5. The average molecular weight is 604 g/mol. The molecule has 0 aliphatic carbocycles. The minimum atomic E-state index is -0.175. The molecule has 3 nitrogen and oxygen atoms in total. The number of phenols is 2. The topological polar surface area (TPSA) is 49.7 Å². The summed E-state index contributed by atoms with van der Waals surface area (Å²) >= 11 is 5.08. The van der Waals surface area contributed by atoms with Gasteiger partial charge in [0.15, 0.2) is 0 Å². The van der Waals surface area contributed by atoms with Gasteiger partial charge in [0.25, 0.3) is 14.5 Å². The third-order valence-electron chi connectivity index (χ3n) is 6.93. The lowest BCUT2D eigenvalue weighted by molar-refractivity contribution is 0.198. The van der Waals surface area contributed by atoms with Gasteiger partial charge in [0.2, 0.25) is 0 Å². The SMILES string of the molecule is C1CCOC1.CC(C)(C)c1cc(Cc2cc(C(C)(C)C)cc(C(C)(C)C)c2O)c(O)c(C(C)(C)C)c1.[Al][Br]. The van der Waals surface area contributed by atoms with Crippen LogP contribution in [-0.2, 0) is 32.8 Å². The van der Waals surface area contributed by atoms with Crippen molar-refractivity contribution in [3.05, 3.63) is 57.6 Å². The molecular weight excluding hydrogens is 551 g/mol. The van der Waals surface area contributed by atoms with Crippen LogP contribution in [0.25, 0.3) is 0 Å². The number of aromatic hydroxyl groups is 2. The van der Waals surface area contributed by atoms with Crippen molar-refractivity contribution in [2.75, 3.05) is 13.2 Å². The van der Waals surface area contributed by atoms with E-state index in [-0.39, 0.29) is 21.7 Å². The van der Waals surface area contributed by atoms with E-state index in [1.54, 1.807) is 0 Å². The number of hydrogen-bond acceptors (Lipinski definition) is 3. The Balaban J connectivity index is 0.000000903. The summed E-state index contributed by atoms with van der Waals surface area (Å²) in [4.78, 5) is 0. The van der Waals surface area contributed by atoms with E-state index in [0.717, 1.165) is 35.5 Å². The molecule has 1 fully saturated rings. The number of rotatable bonds is 2. The summed E-state index contributed by atoms with van der Waals surface area (Å²) in [5.41, 5.74) is 5.65. The monoisotopic (exact) mass is 602 g/mol. The Bertz CT molecular complexity index is 957. The first kappa shape index (κ1) is 35.0. The smallest absolute Gasteiger partial charge is 0.250 e. The fourth-order valence-corrected chi connectivity index (χ4v) is 4.38. The molecule has 5 heteroatoms. The molecule has 0 atom stereocenters. The summed E-state index contributed by atoms with van der Waals surface area (Å²) < 4.78 is 4.94. The predicted octanol–water partition coefficient (Wildman–Crippen LogP) is 9.14. The maximum Gasteiger partial charge on any atom is 0.250 e. The molecule has 0 saturated carbocycles. The quantitative estimate of drug-likeness (QED) is 0.337. The van der Waals surface area contributed by atoms with Gasteiger partial charge in [0, 0.05) is 19.6 Å². The zero-order valence-electron chi connectivity index (χ0n) is 26.1. The van der Waals surface area contributed by atoms with Crippen molar-refractivity contribution in [1.29, 1.82) is 0 Å². The fraction of sp³-hybridized carbons (Fsp3) is 0.636. The lowest BCUT2D eigenvalue weighted by Crippen LogP contribution is -2.18. The van der Waals surface area contributed by atoms with Gasteiger partial charge in [0.1, 0.15) is 11.5 Å². The highest BCUT2D eigenvalue weighted by atomic mass is 79.9. The third kappa shape index (κ3) is 9.88.